The second kappa shape index (κ2) is 5.50. The van der Waals surface area contributed by atoms with Crippen LogP contribution in [0, 0.1) is 11.3 Å². The van der Waals surface area contributed by atoms with Gasteiger partial charge >= 0.3 is 0 Å². The maximum absolute atomic E-state index is 11.8. The number of carbonyl (C=O) groups is 1. The molecule has 0 radical (unpaired) electrons. The molecule has 0 heterocycles. The predicted molar refractivity (Wildman–Crippen MR) is 70.6 cm³/mol. The Bertz CT molecular complexity index is 504. The summed E-state index contributed by atoms with van der Waals surface area (Å²) in [6.07, 6.45) is 4.67. The Morgan fingerprint density at radius 2 is 2.11 bits per heavy atom. The van der Waals surface area contributed by atoms with Crippen LogP contribution in [0.15, 0.2) is 29.8 Å². The number of rotatable bonds is 4. The number of nitriles is 1. The fourth-order valence-electron chi connectivity index (χ4n) is 1.66. The van der Waals surface area contributed by atoms with Crippen molar-refractivity contribution in [3.05, 3.63) is 41.0 Å². The fourth-order valence-corrected chi connectivity index (χ4v) is 1.66. The van der Waals surface area contributed by atoms with E-state index in [9.17, 15) is 4.79 Å². The Hall–Kier alpha value is -2.08. The minimum absolute atomic E-state index is 0.172. The molecule has 1 aromatic carbocycles. The molecule has 92 valence electrons. The Labute approximate surface area is 107 Å². The van der Waals surface area contributed by atoms with Crippen LogP contribution in [-0.4, -0.2) is 11.9 Å². The van der Waals surface area contributed by atoms with Crippen LogP contribution < -0.4 is 5.32 Å². The van der Waals surface area contributed by atoms with Crippen LogP contribution >= 0.6 is 0 Å². The van der Waals surface area contributed by atoms with Gasteiger partial charge in [-0.15, -0.1) is 0 Å². The molecule has 1 aliphatic carbocycles. The largest absolute Gasteiger partial charge is 0.349 e. The first kappa shape index (κ1) is 12.4. The lowest BCUT2D eigenvalue weighted by molar-refractivity contribution is -0.117. The highest BCUT2D eigenvalue weighted by molar-refractivity contribution is 6.01. The summed E-state index contributed by atoms with van der Waals surface area (Å²) >= 11 is 0. The summed E-state index contributed by atoms with van der Waals surface area (Å²) in [5.41, 5.74) is 2.30. The first-order chi connectivity index (χ1) is 8.72. The Morgan fingerprint density at radius 3 is 2.61 bits per heavy atom. The Balaban J connectivity index is 2.11. The molecule has 3 heteroatoms. The van der Waals surface area contributed by atoms with Crippen molar-refractivity contribution in [3.63, 3.8) is 0 Å². The molecule has 1 amide bonds. The second-order valence-electron chi connectivity index (χ2n) is 4.51. The van der Waals surface area contributed by atoms with Gasteiger partial charge in [0.1, 0.15) is 11.6 Å². The highest BCUT2D eigenvalue weighted by Crippen LogP contribution is 2.19. The van der Waals surface area contributed by atoms with Crippen LogP contribution in [0.2, 0.25) is 0 Å². The summed E-state index contributed by atoms with van der Waals surface area (Å²) < 4.78 is 0. The third-order valence-electron chi connectivity index (χ3n) is 2.98. The monoisotopic (exact) mass is 240 g/mol. The van der Waals surface area contributed by atoms with Gasteiger partial charge in [-0.1, -0.05) is 31.2 Å². The first-order valence-electron chi connectivity index (χ1n) is 6.24. The van der Waals surface area contributed by atoms with Crippen LogP contribution in [0.4, 0.5) is 0 Å². The third-order valence-corrected chi connectivity index (χ3v) is 2.98. The normalized spacial score (nSPS) is 15.0. The third kappa shape index (κ3) is 3.21. The van der Waals surface area contributed by atoms with Gasteiger partial charge in [-0.2, -0.15) is 5.26 Å². The predicted octanol–water partition coefficient (Wildman–Crippen LogP) is 2.43. The summed E-state index contributed by atoms with van der Waals surface area (Å²) in [5, 5.41) is 11.8. The highest BCUT2D eigenvalue weighted by atomic mass is 16.1. The lowest BCUT2D eigenvalue weighted by atomic mass is 10.1. The van der Waals surface area contributed by atoms with Gasteiger partial charge in [-0.25, -0.2) is 0 Å². The van der Waals surface area contributed by atoms with E-state index in [1.54, 1.807) is 6.08 Å². The molecule has 1 N–H and O–H groups in total. The zero-order valence-electron chi connectivity index (χ0n) is 10.4. The summed E-state index contributed by atoms with van der Waals surface area (Å²) in [4.78, 5) is 11.8. The van der Waals surface area contributed by atoms with E-state index >= 15 is 0 Å². The van der Waals surface area contributed by atoms with E-state index in [0.717, 1.165) is 24.8 Å². The zero-order chi connectivity index (χ0) is 13.0. The minimum atomic E-state index is -0.264. The van der Waals surface area contributed by atoms with E-state index in [1.807, 2.05) is 30.3 Å². The molecule has 0 aliphatic heterocycles. The number of hydrogen-bond acceptors (Lipinski definition) is 2. The summed E-state index contributed by atoms with van der Waals surface area (Å²) in [5.74, 6) is -0.264. The second-order valence-corrected chi connectivity index (χ2v) is 4.51. The molecule has 0 bridgehead atoms. The molecule has 3 nitrogen and oxygen atoms in total. The summed E-state index contributed by atoms with van der Waals surface area (Å²) in [7, 11) is 0. The molecular formula is C15H16N2O. The topological polar surface area (TPSA) is 52.9 Å². The molecule has 1 fully saturated rings. The number of benzene rings is 1. The van der Waals surface area contributed by atoms with Crippen molar-refractivity contribution in [2.45, 2.75) is 32.2 Å². The quantitative estimate of drug-likeness (QED) is 0.649. The zero-order valence-corrected chi connectivity index (χ0v) is 10.4. The van der Waals surface area contributed by atoms with Gasteiger partial charge in [0, 0.05) is 6.04 Å². The van der Waals surface area contributed by atoms with Crippen molar-refractivity contribution in [3.8, 4) is 6.07 Å². The smallest absolute Gasteiger partial charge is 0.262 e. The lowest BCUT2D eigenvalue weighted by Gasteiger charge is -2.02. The molecule has 0 unspecified atom stereocenters. The maximum Gasteiger partial charge on any atom is 0.262 e. The van der Waals surface area contributed by atoms with Crippen molar-refractivity contribution in [2.24, 2.45) is 0 Å². The van der Waals surface area contributed by atoms with Gasteiger partial charge in [-0.05, 0) is 36.5 Å². The van der Waals surface area contributed by atoms with Crippen LogP contribution in [0.1, 0.15) is 30.9 Å². The van der Waals surface area contributed by atoms with Gasteiger partial charge in [-0.3, -0.25) is 4.79 Å². The van der Waals surface area contributed by atoms with E-state index in [4.69, 9.17) is 5.26 Å². The maximum atomic E-state index is 11.8. The van der Waals surface area contributed by atoms with Gasteiger partial charge in [0.15, 0.2) is 0 Å². The van der Waals surface area contributed by atoms with Crippen LogP contribution in [-0.2, 0) is 11.2 Å². The molecule has 18 heavy (non-hydrogen) atoms. The van der Waals surface area contributed by atoms with Crippen LogP contribution in [0.25, 0.3) is 6.08 Å². The van der Waals surface area contributed by atoms with Crippen molar-refractivity contribution < 1.29 is 4.79 Å². The average molecular weight is 240 g/mol. The molecular weight excluding hydrogens is 224 g/mol. The molecule has 1 aromatic rings. The SMILES string of the molecule is CCc1ccc(/C=C(\C#N)C(=O)NC2CC2)cc1. The molecule has 1 aliphatic rings. The fraction of sp³-hybridized carbons (Fsp3) is 0.333. The van der Waals surface area contributed by atoms with E-state index in [1.165, 1.54) is 5.56 Å². The van der Waals surface area contributed by atoms with Crippen molar-refractivity contribution in [1.29, 1.82) is 5.26 Å². The number of nitrogens with zero attached hydrogens (tertiary/aromatic N) is 1. The number of hydrogen-bond donors (Lipinski definition) is 1. The van der Waals surface area contributed by atoms with Gasteiger partial charge in [0.2, 0.25) is 0 Å². The molecule has 0 spiro atoms. The van der Waals surface area contributed by atoms with Crippen LogP contribution in [0.3, 0.4) is 0 Å². The molecule has 1 saturated carbocycles. The molecule has 0 saturated heterocycles. The van der Waals surface area contributed by atoms with E-state index in [2.05, 4.69) is 12.2 Å². The number of carbonyl (C=O) groups excluding carboxylic acids is 1. The number of aryl methyl sites for hydroxylation is 1. The van der Waals surface area contributed by atoms with Crippen molar-refractivity contribution in [2.75, 3.05) is 0 Å². The lowest BCUT2D eigenvalue weighted by Crippen LogP contribution is -2.26. The average Bonchev–Trinajstić information content (AvgIpc) is 3.20. The Morgan fingerprint density at radius 1 is 1.44 bits per heavy atom. The number of amides is 1. The van der Waals surface area contributed by atoms with Crippen molar-refractivity contribution >= 4 is 12.0 Å². The summed E-state index contributed by atoms with van der Waals surface area (Å²) in [6.45, 7) is 2.09. The standard InChI is InChI=1S/C15H16N2O/c1-2-11-3-5-12(6-4-11)9-13(10-16)15(18)17-14-7-8-14/h3-6,9,14H,2,7-8H2,1H3,(H,17,18)/b13-9+. The van der Waals surface area contributed by atoms with E-state index in [0.29, 0.717) is 0 Å². The van der Waals surface area contributed by atoms with Gasteiger partial charge < -0.3 is 5.32 Å². The summed E-state index contributed by atoms with van der Waals surface area (Å²) in [6, 6.07) is 10.1. The van der Waals surface area contributed by atoms with E-state index < -0.39 is 0 Å². The highest BCUT2D eigenvalue weighted by Gasteiger charge is 2.24. The van der Waals surface area contributed by atoms with Crippen molar-refractivity contribution in [1.82, 2.24) is 5.32 Å². The molecule has 0 atom stereocenters. The van der Waals surface area contributed by atoms with Gasteiger partial charge in [0.05, 0.1) is 0 Å². The van der Waals surface area contributed by atoms with Gasteiger partial charge in [0.25, 0.3) is 5.91 Å². The Kier molecular flexibility index (Phi) is 3.78. The molecule has 0 aromatic heterocycles. The first-order valence-corrected chi connectivity index (χ1v) is 6.24. The minimum Gasteiger partial charge on any atom is -0.349 e. The van der Waals surface area contributed by atoms with Crippen LogP contribution in [0.5, 0.6) is 0 Å². The van der Waals surface area contributed by atoms with E-state index in [-0.39, 0.29) is 17.5 Å². The molecule has 2 rings (SSSR count). The number of nitrogens with one attached hydrogen (secondary N) is 1.